The van der Waals surface area contributed by atoms with Crippen molar-refractivity contribution in [2.45, 2.75) is 50.5 Å². The average molecular weight is 177 g/mol. The van der Waals surface area contributed by atoms with Crippen LogP contribution in [0.25, 0.3) is 0 Å². The van der Waals surface area contributed by atoms with E-state index in [0.29, 0.717) is 5.54 Å². The molecule has 1 heterocycles. The van der Waals surface area contributed by atoms with E-state index < -0.39 is 0 Å². The van der Waals surface area contributed by atoms with Crippen molar-refractivity contribution in [2.24, 2.45) is 5.92 Å². The number of hydrogen-bond acceptors (Lipinski definition) is 1. The fourth-order valence-electron chi connectivity index (χ4n) is 2.74. The lowest BCUT2D eigenvalue weighted by Crippen LogP contribution is -2.41. The zero-order valence-corrected chi connectivity index (χ0v) is 8.31. The maximum absolute atomic E-state index is 5.28. The van der Waals surface area contributed by atoms with E-state index in [1.165, 1.54) is 45.1 Å². The van der Waals surface area contributed by atoms with Gasteiger partial charge in [-0.3, -0.25) is 0 Å². The normalized spacial score (nSPS) is 33.2. The third kappa shape index (κ3) is 1.89. The Labute approximate surface area is 81.3 Å². The monoisotopic (exact) mass is 177 g/mol. The van der Waals surface area contributed by atoms with E-state index in [2.05, 4.69) is 11.2 Å². The molecular formula is C12H19N. The molecule has 0 bridgehead atoms. The molecule has 2 aliphatic rings. The maximum Gasteiger partial charge on any atom is 0.0210 e. The Kier molecular flexibility index (Phi) is 2.60. The summed E-state index contributed by atoms with van der Waals surface area (Å²) in [6, 6.07) is 0. The van der Waals surface area contributed by atoms with Crippen molar-refractivity contribution in [1.82, 2.24) is 5.32 Å². The molecule has 13 heavy (non-hydrogen) atoms. The Morgan fingerprint density at radius 1 is 1.46 bits per heavy atom. The number of nitrogens with one attached hydrogen (secondary N) is 1. The summed E-state index contributed by atoms with van der Waals surface area (Å²) >= 11 is 0. The van der Waals surface area contributed by atoms with E-state index in [9.17, 15) is 0 Å². The van der Waals surface area contributed by atoms with E-state index in [0.717, 1.165) is 12.3 Å². The second-order valence-electron chi connectivity index (χ2n) is 4.52. The highest BCUT2D eigenvalue weighted by Gasteiger charge is 2.45. The number of terminal acetylenes is 1. The molecule has 2 rings (SSSR count). The molecule has 0 aromatic heterocycles. The Bertz CT molecular complexity index is 204. The van der Waals surface area contributed by atoms with Crippen molar-refractivity contribution >= 4 is 0 Å². The lowest BCUT2D eigenvalue weighted by atomic mass is 9.86. The van der Waals surface area contributed by atoms with E-state index in [-0.39, 0.29) is 0 Å². The molecule has 1 aliphatic heterocycles. The molecule has 1 nitrogen and oxygen atoms in total. The van der Waals surface area contributed by atoms with E-state index in [1.54, 1.807) is 0 Å². The predicted octanol–water partition coefficient (Wildman–Crippen LogP) is 2.32. The van der Waals surface area contributed by atoms with Crippen LogP contribution >= 0.6 is 0 Å². The molecular weight excluding hydrogens is 158 g/mol. The van der Waals surface area contributed by atoms with Crippen LogP contribution in [0.3, 0.4) is 0 Å². The van der Waals surface area contributed by atoms with Gasteiger partial charge in [0.25, 0.3) is 0 Å². The third-order valence-electron chi connectivity index (χ3n) is 3.58. The largest absolute Gasteiger partial charge is 0.311 e. The topological polar surface area (TPSA) is 12.0 Å². The molecule has 0 aromatic rings. The van der Waals surface area contributed by atoms with Crippen molar-refractivity contribution < 1.29 is 0 Å². The van der Waals surface area contributed by atoms with Gasteiger partial charge in [-0.25, -0.2) is 0 Å². The smallest absolute Gasteiger partial charge is 0.0210 e. The summed E-state index contributed by atoms with van der Waals surface area (Å²) in [5, 5.41) is 3.72. The quantitative estimate of drug-likeness (QED) is 0.513. The van der Waals surface area contributed by atoms with Crippen molar-refractivity contribution in [1.29, 1.82) is 0 Å². The summed E-state index contributed by atoms with van der Waals surface area (Å²) in [6.45, 7) is 1.23. The predicted molar refractivity (Wildman–Crippen MR) is 55.4 cm³/mol. The highest BCUT2D eigenvalue weighted by atomic mass is 15.0. The van der Waals surface area contributed by atoms with Crippen LogP contribution < -0.4 is 5.32 Å². The highest BCUT2D eigenvalue weighted by Crippen LogP contribution is 2.46. The molecule has 1 heteroatoms. The molecule has 72 valence electrons. The first kappa shape index (κ1) is 9.09. The number of rotatable bonds is 4. The third-order valence-corrected chi connectivity index (χ3v) is 3.58. The highest BCUT2D eigenvalue weighted by molar-refractivity contribution is 5.04. The summed E-state index contributed by atoms with van der Waals surface area (Å²) in [5.74, 6) is 3.72. The van der Waals surface area contributed by atoms with Gasteiger partial charge in [-0.05, 0) is 51.0 Å². The van der Waals surface area contributed by atoms with Crippen LogP contribution in [-0.2, 0) is 0 Å². The van der Waals surface area contributed by atoms with Gasteiger partial charge in [-0.1, -0.05) is 0 Å². The zero-order chi connectivity index (χ0) is 9.15. The second-order valence-corrected chi connectivity index (χ2v) is 4.52. The summed E-state index contributed by atoms with van der Waals surface area (Å²) in [7, 11) is 0. The first-order valence-electron chi connectivity index (χ1n) is 5.56. The van der Waals surface area contributed by atoms with Gasteiger partial charge in [-0.2, -0.15) is 0 Å². The fourth-order valence-corrected chi connectivity index (χ4v) is 2.74. The van der Waals surface area contributed by atoms with E-state index >= 15 is 0 Å². The standard InChI is InChI=1S/C12H19N/c1-2-3-4-8-12(11-6-7-11)9-5-10-13-12/h1,11,13H,3-10H2. The van der Waals surface area contributed by atoms with Gasteiger partial charge in [0.2, 0.25) is 0 Å². The van der Waals surface area contributed by atoms with Crippen LogP contribution in [0.15, 0.2) is 0 Å². The fraction of sp³-hybridized carbons (Fsp3) is 0.833. The number of unbranched alkanes of at least 4 members (excludes halogenated alkanes) is 1. The Balaban J connectivity index is 1.86. The first-order chi connectivity index (χ1) is 6.37. The van der Waals surface area contributed by atoms with Crippen LogP contribution in [0.1, 0.15) is 44.9 Å². The average Bonchev–Trinajstić information content (AvgIpc) is 2.89. The van der Waals surface area contributed by atoms with Gasteiger partial charge in [0.1, 0.15) is 0 Å². The molecule has 1 N–H and O–H groups in total. The Morgan fingerprint density at radius 2 is 2.31 bits per heavy atom. The van der Waals surface area contributed by atoms with Crippen molar-refractivity contribution in [3.8, 4) is 12.3 Å². The lowest BCUT2D eigenvalue weighted by Gasteiger charge is -2.29. The molecule has 1 aliphatic carbocycles. The van der Waals surface area contributed by atoms with Crippen LogP contribution in [0.2, 0.25) is 0 Å². The summed E-state index contributed by atoms with van der Waals surface area (Å²) in [5.41, 5.74) is 0.511. The minimum absolute atomic E-state index is 0.511. The molecule has 0 spiro atoms. The molecule has 0 aromatic carbocycles. The van der Waals surface area contributed by atoms with Gasteiger partial charge in [0.15, 0.2) is 0 Å². The molecule has 0 amide bonds. The second kappa shape index (κ2) is 3.72. The first-order valence-corrected chi connectivity index (χ1v) is 5.56. The minimum atomic E-state index is 0.511. The van der Waals surface area contributed by atoms with Crippen LogP contribution in [-0.4, -0.2) is 12.1 Å². The van der Waals surface area contributed by atoms with Crippen molar-refractivity contribution in [3.63, 3.8) is 0 Å². The number of hydrogen-bond donors (Lipinski definition) is 1. The molecule has 1 unspecified atom stereocenters. The summed E-state index contributed by atoms with van der Waals surface area (Å²) in [6.07, 6.45) is 14.4. The van der Waals surface area contributed by atoms with Gasteiger partial charge in [-0.15, -0.1) is 12.3 Å². The molecule has 1 atom stereocenters. The maximum atomic E-state index is 5.28. The minimum Gasteiger partial charge on any atom is -0.311 e. The molecule has 2 fully saturated rings. The Morgan fingerprint density at radius 3 is 2.85 bits per heavy atom. The van der Waals surface area contributed by atoms with E-state index in [4.69, 9.17) is 6.42 Å². The van der Waals surface area contributed by atoms with Crippen LogP contribution in [0.5, 0.6) is 0 Å². The molecule has 1 saturated carbocycles. The van der Waals surface area contributed by atoms with Crippen molar-refractivity contribution in [3.05, 3.63) is 0 Å². The van der Waals surface area contributed by atoms with Gasteiger partial charge in [0, 0.05) is 12.0 Å². The molecule has 0 radical (unpaired) electrons. The summed E-state index contributed by atoms with van der Waals surface area (Å²) < 4.78 is 0. The summed E-state index contributed by atoms with van der Waals surface area (Å²) in [4.78, 5) is 0. The van der Waals surface area contributed by atoms with Gasteiger partial charge in [0.05, 0.1) is 0 Å². The zero-order valence-electron chi connectivity index (χ0n) is 8.31. The van der Waals surface area contributed by atoms with Crippen molar-refractivity contribution in [2.75, 3.05) is 6.54 Å². The Hall–Kier alpha value is -0.480. The van der Waals surface area contributed by atoms with Crippen LogP contribution in [0, 0.1) is 18.3 Å². The van der Waals surface area contributed by atoms with Crippen LogP contribution in [0.4, 0.5) is 0 Å². The molecule has 1 saturated heterocycles. The van der Waals surface area contributed by atoms with Gasteiger partial charge < -0.3 is 5.32 Å². The van der Waals surface area contributed by atoms with E-state index in [1.807, 2.05) is 0 Å². The SMILES string of the molecule is C#CCCCC1(C2CC2)CCCN1. The lowest BCUT2D eigenvalue weighted by molar-refractivity contribution is 0.296. The van der Waals surface area contributed by atoms with Gasteiger partial charge >= 0.3 is 0 Å².